The smallest absolute Gasteiger partial charge is 0.239 e. The van der Waals surface area contributed by atoms with Crippen molar-refractivity contribution < 1.29 is 9.59 Å². The van der Waals surface area contributed by atoms with Crippen molar-refractivity contribution >= 4 is 23.4 Å². The second-order valence-corrected chi connectivity index (χ2v) is 4.76. The first-order valence-electron chi connectivity index (χ1n) is 5.94. The van der Waals surface area contributed by atoms with Gasteiger partial charge in [-0.25, -0.2) is 0 Å². The molecule has 0 unspecified atom stereocenters. The van der Waals surface area contributed by atoms with E-state index in [9.17, 15) is 9.59 Å². The number of carbonyl (C=O) groups excluding carboxylic acids is 2. The van der Waals surface area contributed by atoms with Crippen molar-refractivity contribution in [3.8, 4) is 0 Å². The molecular formula is C13H15ClN2O2. The number of rotatable bonds is 4. The lowest BCUT2D eigenvalue weighted by Gasteiger charge is -2.14. The van der Waals surface area contributed by atoms with Gasteiger partial charge in [0.2, 0.25) is 11.8 Å². The average Bonchev–Trinajstić information content (AvgIpc) is 2.74. The highest BCUT2D eigenvalue weighted by Crippen LogP contribution is 2.10. The highest BCUT2D eigenvalue weighted by Gasteiger charge is 2.21. The first-order valence-corrected chi connectivity index (χ1v) is 6.32. The third kappa shape index (κ3) is 3.47. The van der Waals surface area contributed by atoms with E-state index in [-0.39, 0.29) is 18.4 Å². The Hall–Kier alpha value is -1.55. The topological polar surface area (TPSA) is 49.4 Å². The molecule has 0 aromatic heterocycles. The van der Waals surface area contributed by atoms with Crippen LogP contribution in [-0.2, 0) is 16.1 Å². The number of benzene rings is 1. The van der Waals surface area contributed by atoms with Crippen LogP contribution in [-0.4, -0.2) is 29.8 Å². The van der Waals surface area contributed by atoms with Crippen LogP contribution in [0.2, 0.25) is 5.02 Å². The van der Waals surface area contributed by atoms with Gasteiger partial charge in [-0.2, -0.15) is 0 Å². The summed E-state index contributed by atoms with van der Waals surface area (Å²) in [6.07, 6.45) is 1.41. The molecule has 1 fully saturated rings. The molecular weight excluding hydrogens is 252 g/mol. The average molecular weight is 267 g/mol. The fourth-order valence-corrected chi connectivity index (χ4v) is 2.03. The van der Waals surface area contributed by atoms with Gasteiger partial charge in [0.1, 0.15) is 0 Å². The van der Waals surface area contributed by atoms with E-state index in [2.05, 4.69) is 5.32 Å². The second-order valence-electron chi connectivity index (χ2n) is 4.32. The predicted octanol–water partition coefficient (Wildman–Crippen LogP) is 1.58. The fraction of sp³-hybridized carbons (Fsp3) is 0.385. The molecule has 1 aromatic carbocycles. The van der Waals surface area contributed by atoms with Crippen molar-refractivity contribution in [3.63, 3.8) is 0 Å². The molecule has 1 heterocycles. The number of nitrogens with zero attached hydrogens (tertiary/aromatic N) is 1. The number of halogens is 1. The van der Waals surface area contributed by atoms with Gasteiger partial charge >= 0.3 is 0 Å². The summed E-state index contributed by atoms with van der Waals surface area (Å²) < 4.78 is 0. The van der Waals surface area contributed by atoms with Crippen molar-refractivity contribution in [3.05, 3.63) is 34.9 Å². The molecule has 1 N–H and O–H groups in total. The number of amides is 2. The lowest BCUT2D eigenvalue weighted by molar-refractivity contribution is -0.133. The third-order valence-corrected chi connectivity index (χ3v) is 3.16. The van der Waals surface area contributed by atoms with Crippen LogP contribution in [0.25, 0.3) is 0 Å². The zero-order chi connectivity index (χ0) is 13.0. The van der Waals surface area contributed by atoms with Gasteiger partial charge in [-0.1, -0.05) is 23.7 Å². The van der Waals surface area contributed by atoms with Crippen LogP contribution in [0.4, 0.5) is 0 Å². The molecule has 0 spiro atoms. The van der Waals surface area contributed by atoms with Gasteiger partial charge in [0.05, 0.1) is 6.54 Å². The third-order valence-electron chi connectivity index (χ3n) is 2.91. The number of hydrogen-bond donors (Lipinski definition) is 1. The van der Waals surface area contributed by atoms with E-state index >= 15 is 0 Å². The molecule has 18 heavy (non-hydrogen) atoms. The summed E-state index contributed by atoms with van der Waals surface area (Å²) in [4.78, 5) is 24.6. The lowest BCUT2D eigenvalue weighted by Crippen LogP contribution is -2.37. The maximum Gasteiger partial charge on any atom is 0.239 e. The van der Waals surface area contributed by atoms with Crippen LogP contribution in [0.3, 0.4) is 0 Å². The molecule has 0 saturated carbocycles. The minimum Gasteiger partial charge on any atom is -0.350 e. The first-order chi connectivity index (χ1) is 8.65. The van der Waals surface area contributed by atoms with Gasteiger partial charge in [-0.3, -0.25) is 9.59 Å². The number of likely N-dealkylation sites (tertiary alicyclic amines) is 1. The summed E-state index contributed by atoms with van der Waals surface area (Å²) in [7, 11) is 0. The normalized spacial score (nSPS) is 14.9. The first kappa shape index (κ1) is 12.9. The van der Waals surface area contributed by atoms with Crippen molar-refractivity contribution in [2.24, 2.45) is 0 Å². The number of nitrogens with one attached hydrogen (secondary N) is 1. The summed E-state index contributed by atoms with van der Waals surface area (Å²) in [5.41, 5.74) is 0.987. The Labute approximate surface area is 111 Å². The molecule has 5 heteroatoms. The summed E-state index contributed by atoms with van der Waals surface area (Å²) >= 11 is 5.77. The van der Waals surface area contributed by atoms with Crippen molar-refractivity contribution in [1.82, 2.24) is 10.2 Å². The van der Waals surface area contributed by atoms with Crippen LogP contribution in [0.15, 0.2) is 24.3 Å². The van der Waals surface area contributed by atoms with E-state index in [1.165, 1.54) is 0 Å². The second kappa shape index (κ2) is 5.87. The Bertz CT molecular complexity index is 445. The maximum absolute atomic E-state index is 11.7. The van der Waals surface area contributed by atoms with Gasteiger partial charge in [0.15, 0.2) is 0 Å². The summed E-state index contributed by atoms with van der Waals surface area (Å²) in [6.45, 7) is 1.30. The Morgan fingerprint density at radius 3 is 2.67 bits per heavy atom. The Balaban J connectivity index is 1.78. The highest BCUT2D eigenvalue weighted by molar-refractivity contribution is 6.30. The molecule has 0 aliphatic carbocycles. The highest BCUT2D eigenvalue weighted by atomic mass is 35.5. The molecule has 2 amide bonds. The van der Waals surface area contributed by atoms with Crippen molar-refractivity contribution in [2.75, 3.05) is 13.1 Å². The minimum atomic E-state index is -0.125. The largest absolute Gasteiger partial charge is 0.350 e. The van der Waals surface area contributed by atoms with Crippen LogP contribution in [0.5, 0.6) is 0 Å². The van der Waals surface area contributed by atoms with Crippen molar-refractivity contribution in [2.45, 2.75) is 19.4 Å². The lowest BCUT2D eigenvalue weighted by atomic mass is 10.2. The Kier molecular flexibility index (Phi) is 4.20. The zero-order valence-electron chi connectivity index (χ0n) is 9.99. The molecule has 96 valence electrons. The molecule has 0 radical (unpaired) electrons. The van der Waals surface area contributed by atoms with E-state index < -0.39 is 0 Å². The summed E-state index contributed by atoms with van der Waals surface area (Å²) in [5.74, 6) is -0.0585. The fourth-order valence-electron chi connectivity index (χ4n) is 1.90. The molecule has 4 nitrogen and oxygen atoms in total. The van der Waals surface area contributed by atoms with Gasteiger partial charge < -0.3 is 10.2 Å². The van der Waals surface area contributed by atoms with E-state index in [1.54, 1.807) is 17.0 Å². The van der Waals surface area contributed by atoms with E-state index in [1.807, 2.05) is 12.1 Å². The van der Waals surface area contributed by atoms with Crippen LogP contribution >= 0.6 is 11.6 Å². The van der Waals surface area contributed by atoms with Gasteiger partial charge in [0, 0.05) is 24.5 Å². The van der Waals surface area contributed by atoms with Crippen LogP contribution < -0.4 is 5.32 Å². The van der Waals surface area contributed by atoms with E-state index in [0.717, 1.165) is 12.0 Å². The Morgan fingerprint density at radius 1 is 1.33 bits per heavy atom. The predicted molar refractivity (Wildman–Crippen MR) is 69.1 cm³/mol. The van der Waals surface area contributed by atoms with Gasteiger partial charge in [0.25, 0.3) is 0 Å². The van der Waals surface area contributed by atoms with Crippen LogP contribution in [0, 0.1) is 0 Å². The monoisotopic (exact) mass is 266 g/mol. The van der Waals surface area contributed by atoms with E-state index in [0.29, 0.717) is 24.5 Å². The standard InChI is InChI=1S/C13H15ClN2O2/c14-11-5-3-10(4-6-11)8-15-12(17)9-16-7-1-2-13(16)18/h3-6H,1-2,7-9H2,(H,15,17). The summed E-state index contributed by atoms with van der Waals surface area (Å²) in [6, 6.07) is 7.30. The Morgan fingerprint density at radius 2 is 2.06 bits per heavy atom. The summed E-state index contributed by atoms with van der Waals surface area (Å²) in [5, 5.41) is 3.46. The van der Waals surface area contributed by atoms with Gasteiger partial charge in [-0.15, -0.1) is 0 Å². The molecule has 1 aliphatic heterocycles. The van der Waals surface area contributed by atoms with Crippen molar-refractivity contribution in [1.29, 1.82) is 0 Å². The molecule has 1 saturated heterocycles. The maximum atomic E-state index is 11.7. The molecule has 0 bridgehead atoms. The molecule has 1 aromatic rings. The zero-order valence-corrected chi connectivity index (χ0v) is 10.7. The quantitative estimate of drug-likeness (QED) is 0.900. The SMILES string of the molecule is O=C(CN1CCCC1=O)NCc1ccc(Cl)cc1. The van der Waals surface area contributed by atoms with E-state index in [4.69, 9.17) is 11.6 Å². The minimum absolute atomic E-state index is 0.0663. The number of carbonyl (C=O) groups is 2. The molecule has 2 rings (SSSR count). The van der Waals surface area contributed by atoms with Crippen LogP contribution in [0.1, 0.15) is 18.4 Å². The molecule has 1 aliphatic rings. The van der Waals surface area contributed by atoms with Gasteiger partial charge in [-0.05, 0) is 24.1 Å². The molecule has 0 atom stereocenters. The number of hydrogen-bond acceptors (Lipinski definition) is 2.